The Bertz CT molecular complexity index is 887. The molecule has 0 aliphatic rings. The van der Waals surface area contributed by atoms with Crippen LogP contribution in [0, 0.1) is 21.6 Å². The van der Waals surface area contributed by atoms with Crippen molar-refractivity contribution in [3.8, 4) is 22.7 Å². The van der Waals surface area contributed by atoms with Crippen molar-refractivity contribution in [3.05, 3.63) is 45.6 Å². The third kappa shape index (κ3) is 4.48. The number of alkyl halides is 3. The van der Waals surface area contributed by atoms with Crippen LogP contribution in [0.25, 0.3) is 11.3 Å². The van der Waals surface area contributed by atoms with Gasteiger partial charge in [0, 0.05) is 18.7 Å². The Hall–Kier alpha value is -2.60. The predicted molar refractivity (Wildman–Crippen MR) is 90.5 cm³/mol. The number of aromatic nitrogens is 2. The minimum absolute atomic E-state index is 0.139. The van der Waals surface area contributed by atoms with Gasteiger partial charge in [0.05, 0.1) is 10.6 Å². The van der Waals surface area contributed by atoms with E-state index in [0.717, 1.165) is 10.7 Å². The van der Waals surface area contributed by atoms with Gasteiger partial charge in [-0.15, -0.1) is 5.54 Å². The fourth-order valence-corrected chi connectivity index (χ4v) is 2.59. The lowest BCUT2D eigenvalue weighted by atomic mass is 10.1. The van der Waals surface area contributed by atoms with E-state index in [1.165, 1.54) is 25.2 Å². The second-order valence-electron chi connectivity index (χ2n) is 6.53. The molecule has 0 aliphatic heterocycles. The molecule has 1 aromatic carbocycles. The van der Waals surface area contributed by atoms with Crippen molar-refractivity contribution in [2.45, 2.75) is 25.8 Å². The Morgan fingerprint density at radius 1 is 1.24 bits per heavy atom. The van der Waals surface area contributed by atoms with E-state index in [-0.39, 0.29) is 22.5 Å². The molecule has 2 aromatic rings. The summed E-state index contributed by atoms with van der Waals surface area (Å²) in [6.07, 6.45) is -4.58. The standard InChI is InChI=1S/C16H16F3N3O2Si/c1-21-13(10-15(20-21)16(17,18)19)12-6-5-11(7-8-25(2,3)4)14(9-12)22(23)24/h5-6,9-10H,1-4H3. The molecule has 1 heterocycles. The molecule has 5 nitrogen and oxygen atoms in total. The largest absolute Gasteiger partial charge is 0.435 e. The van der Waals surface area contributed by atoms with E-state index in [4.69, 9.17) is 0 Å². The number of benzene rings is 1. The number of nitro benzene ring substituents is 1. The van der Waals surface area contributed by atoms with Crippen molar-refractivity contribution in [2.75, 3.05) is 0 Å². The van der Waals surface area contributed by atoms with E-state index < -0.39 is 24.9 Å². The monoisotopic (exact) mass is 367 g/mol. The first-order valence-electron chi connectivity index (χ1n) is 7.32. The molecule has 2 rings (SSSR count). The maximum atomic E-state index is 12.8. The topological polar surface area (TPSA) is 61.0 Å². The molecular weight excluding hydrogens is 351 g/mol. The summed E-state index contributed by atoms with van der Waals surface area (Å²) in [4.78, 5) is 10.7. The van der Waals surface area contributed by atoms with Crippen LogP contribution in [0.2, 0.25) is 19.6 Å². The van der Waals surface area contributed by atoms with Gasteiger partial charge in [-0.2, -0.15) is 18.3 Å². The molecule has 0 saturated carbocycles. The molecular formula is C16H16F3N3O2Si. The summed E-state index contributed by atoms with van der Waals surface area (Å²) < 4.78 is 39.4. The maximum absolute atomic E-state index is 12.8. The molecule has 0 fully saturated rings. The first-order valence-corrected chi connectivity index (χ1v) is 10.8. The summed E-state index contributed by atoms with van der Waals surface area (Å²) in [5.41, 5.74) is 2.42. The van der Waals surface area contributed by atoms with Crippen LogP contribution in [-0.4, -0.2) is 22.8 Å². The molecule has 1 aromatic heterocycles. The molecule has 0 aliphatic carbocycles. The van der Waals surface area contributed by atoms with Gasteiger partial charge in [0.2, 0.25) is 0 Å². The van der Waals surface area contributed by atoms with Crippen LogP contribution in [0.5, 0.6) is 0 Å². The number of aryl methyl sites for hydroxylation is 1. The average Bonchev–Trinajstić information content (AvgIpc) is 2.86. The minimum Gasteiger partial charge on any atom is -0.267 e. The minimum atomic E-state index is -4.58. The van der Waals surface area contributed by atoms with Crippen molar-refractivity contribution in [2.24, 2.45) is 7.05 Å². The van der Waals surface area contributed by atoms with Crippen LogP contribution >= 0.6 is 0 Å². The molecule has 0 amide bonds. The number of hydrogen-bond acceptors (Lipinski definition) is 3. The van der Waals surface area contributed by atoms with Crippen LogP contribution in [0.1, 0.15) is 11.3 Å². The van der Waals surface area contributed by atoms with Gasteiger partial charge in [0.25, 0.3) is 5.69 Å². The Morgan fingerprint density at radius 3 is 2.36 bits per heavy atom. The number of hydrogen-bond donors (Lipinski definition) is 0. The zero-order valence-corrected chi connectivity index (χ0v) is 15.1. The Balaban J connectivity index is 2.55. The summed E-state index contributed by atoms with van der Waals surface area (Å²) >= 11 is 0. The maximum Gasteiger partial charge on any atom is 0.435 e. The fourth-order valence-electron chi connectivity index (χ4n) is 2.08. The van der Waals surface area contributed by atoms with E-state index in [1.54, 1.807) is 0 Å². The van der Waals surface area contributed by atoms with E-state index in [0.29, 0.717) is 0 Å². The van der Waals surface area contributed by atoms with Gasteiger partial charge in [-0.1, -0.05) is 31.6 Å². The fraction of sp³-hybridized carbons (Fsp3) is 0.312. The van der Waals surface area contributed by atoms with Crippen molar-refractivity contribution in [1.82, 2.24) is 9.78 Å². The SMILES string of the molecule is Cn1nc(C(F)(F)F)cc1-c1ccc(C#C[Si](C)(C)C)c([N+](=O)[O-])c1. The highest BCUT2D eigenvalue weighted by Crippen LogP contribution is 2.33. The summed E-state index contributed by atoms with van der Waals surface area (Å²) in [5.74, 6) is 2.82. The van der Waals surface area contributed by atoms with Crippen LogP contribution in [0.3, 0.4) is 0 Å². The van der Waals surface area contributed by atoms with Crippen LogP contribution in [0.4, 0.5) is 18.9 Å². The number of rotatable bonds is 2. The Labute approximate surface area is 143 Å². The summed E-state index contributed by atoms with van der Waals surface area (Å²) in [7, 11) is -0.368. The Morgan fingerprint density at radius 2 is 1.88 bits per heavy atom. The lowest BCUT2D eigenvalue weighted by Crippen LogP contribution is -2.16. The van der Waals surface area contributed by atoms with E-state index >= 15 is 0 Å². The first-order chi connectivity index (χ1) is 11.4. The first kappa shape index (κ1) is 18.7. The highest BCUT2D eigenvalue weighted by molar-refractivity contribution is 6.83. The van der Waals surface area contributed by atoms with Crippen LogP contribution in [0.15, 0.2) is 24.3 Å². The number of nitro groups is 1. The van der Waals surface area contributed by atoms with Gasteiger partial charge in [-0.3, -0.25) is 14.8 Å². The van der Waals surface area contributed by atoms with Gasteiger partial charge in [-0.25, -0.2) is 0 Å². The molecule has 9 heteroatoms. The zero-order valence-electron chi connectivity index (χ0n) is 14.1. The third-order valence-corrected chi connectivity index (χ3v) is 4.11. The van der Waals surface area contributed by atoms with Crippen LogP contribution < -0.4 is 0 Å². The molecule has 0 N–H and O–H groups in total. The summed E-state index contributed by atoms with van der Waals surface area (Å²) in [5, 5.41) is 14.7. The quantitative estimate of drug-likeness (QED) is 0.345. The van der Waals surface area contributed by atoms with Gasteiger partial charge >= 0.3 is 6.18 Å². The third-order valence-electron chi connectivity index (χ3n) is 3.23. The molecule has 0 radical (unpaired) electrons. The average molecular weight is 367 g/mol. The molecule has 0 bridgehead atoms. The highest BCUT2D eigenvalue weighted by atomic mass is 28.3. The van der Waals surface area contributed by atoms with E-state index in [1.807, 2.05) is 19.6 Å². The van der Waals surface area contributed by atoms with Gasteiger partial charge in [-0.05, 0) is 12.1 Å². The number of halogens is 3. The Kier molecular flexibility index (Phi) is 4.77. The van der Waals surface area contributed by atoms with Crippen LogP contribution in [-0.2, 0) is 13.2 Å². The molecule has 25 heavy (non-hydrogen) atoms. The molecule has 0 unspecified atom stereocenters. The van der Waals surface area contributed by atoms with E-state index in [2.05, 4.69) is 16.6 Å². The predicted octanol–water partition coefficient (Wildman–Crippen LogP) is 4.24. The normalized spacial score (nSPS) is 11.8. The van der Waals surface area contributed by atoms with Crippen molar-refractivity contribution in [3.63, 3.8) is 0 Å². The molecule has 0 saturated heterocycles. The van der Waals surface area contributed by atoms with Crippen molar-refractivity contribution in [1.29, 1.82) is 0 Å². The zero-order chi connectivity index (χ0) is 19.0. The lowest BCUT2D eigenvalue weighted by molar-refractivity contribution is -0.385. The molecule has 0 spiro atoms. The van der Waals surface area contributed by atoms with Gasteiger partial charge in [0.1, 0.15) is 13.6 Å². The van der Waals surface area contributed by atoms with Crippen molar-refractivity contribution < 1.29 is 18.1 Å². The van der Waals surface area contributed by atoms with Gasteiger partial charge in [0.15, 0.2) is 5.69 Å². The molecule has 0 atom stereocenters. The molecule has 132 valence electrons. The lowest BCUT2D eigenvalue weighted by Gasteiger charge is -2.05. The highest BCUT2D eigenvalue weighted by Gasteiger charge is 2.34. The second-order valence-corrected chi connectivity index (χ2v) is 11.3. The van der Waals surface area contributed by atoms with Crippen molar-refractivity contribution >= 4 is 13.8 Å². The van der Waals surface area contributed by atoms with Gasteiger partial charge < -0.3 is 0 Å². The number of nitrogens with zero attached hydrogens (tertiary/aromatic N) is 3. The summed E-state index contributed by atoms with van der Waals surface area (Å²) in [6.45, 7) is 6.03. The second kappa shape index (κ2) is 6.37. The van der Waals surface area contributed by atoms with E-state index in [9.17, 15) is 23.3 Å². The smallest absolute Gasteiger partial charge is 0.267 e. The summed E-state index contributed by atoms with van der Waals surface area (Å²) in [6, 6.07) is 5.07.